The molecule has 1 saturated heterocycles. The van der Waals surface area contributed by atoms with E-state index in [0.29, 0.717) is 12.1 Å². The molecule has 1 atom stereocenters. The minimum Gasteiger partial charge on any atom is -0.351 e. The Bertz CT molecular complexity index is 1000. The van der Waals surface area contributed by atoms with Gasteiger partial charge in [0.05, 0.1) is 0 Å². The van der Waals surface area contributed by atoms with E-state index < -0.39 is 11.9 Å². The molecule has 2 aromatic carbocycles. The van der Waals surface area contributed by atoms with Crippen molar-refractivity contribution in [2.75, 3.05) is 18.0 Å². The standard InChI is InChI=1S/C22H25FN2O2.C6H11NO/c1-16-8-5-6-13-20(16)21(22(27)24-18-10-3-2-4-11-18)25(15-26)19-12-7-9-17(23)14-19;1-6(8)7-4-2-3-5-7/h5-9,12-15,18,21H,2-4,10-11H2,1H3,(H,24,27);2-5H2,1H3. The van der Waals surface area contributed by atoms with Gasteiger partial charge in [0, 0.05) is 31.7 Å². The van der Waals surface area contributed by atoms with Gasteiger partial charge in [0.15, 0.2) is 0 Å². The van der Waals surface area contributed by atoms with Gasteiger partial charge in [-0.3, -0.25) is 19.3 Å². The lowest BCUT2D eigenvalue weighted by Crippen LogP contribution is -2.45. The van der Waals surface area contributed by atoms with Gasteiger partial charge in [-0.15, -0.1) is 0 Å². The summed E-state index contributed by atoms with van der Waals surface area (Å²) >= 11 is 0. The van der Waals surface area contributed by atoms with Gasteiger partial charge in [-0.05, 0) is 61.9 Å². The Labute approximate surface area is 207 Å². The topological polar surface area (TPSA) is 69.7 Å². The van der Waals surface area contributed by atoms with Crippen molar-refractivity contribution >= 4 is 23.9 Å². The number of benzene rings is 2. The molecule has 1 heterocycles. The minimum absolute atomic E-state index is 0.124. The van der Waals surface area contributed by atoms with Crippen LogP contribution in [0, 0.1) is 12.7 Å². The largest absolute Gasteiger partial charge is 0.351 e. The van der Waals surface area contributed by atoms with E-state index in [0.717, 1.165) is 49.9 Å². The molecule has 0 spiro atoms. The van der Waals surface area contributed by atoms with E-state index in [1.165, 1.54) is 42.4 Å². The van der Waals surface area contributed by atoms with E-state index in [9.17, 15) is 18.8 Å². The predicted octanol–water partition coefficient (Wildman–Crippen LogP) is 4.92. The number of nitrogens with one attached hydrogen (secondary N) is 1. The fraction of sp³-hybridized carbons (Fsp3) is 0.464. The summed E-state index contributed by atoms with van der Waals surface area (Å²) in [5, 5.41) is 3.11. The molecule has 4 rings (SSSR count). The average molecular weight is 482 g/mol. The van der Waals surface area contributed by atoms with Crippen molar-refractivity contribution in [1.29, 1.82) is 0 Å². The van der Waals surface area contributed by atoms with E-state index in [-0.39, 0.29) is 17.9 Å². The molecule has 1 aliphatic carbocycles. The summed E-state index contributed by atoms with van der Waals surface area (Å²) in [6, 6.07) is 12.5. The molecule has 0 bridgehead atoms. The smallest absolute Gasteiger partial charge is 0.248 e. The van der Waals surface area contributed by atoms with Crippen LogP contribution >= 0.6 is 0 Å². The Morgan fingerprint density at radius 3 is 2.29 bits per heavy atom. The Balaban J connectivity index is 0.000000363. The normalized spacial score (nSPS) is 16.6. The van der Waals surface area contributed by atoms with Crippen molar-refractivity contribution < 1.29 is 18.8 Å². The van der Waals surface area contributed by atoms with Crippen LogP contribution in [0.5, 0.6) is 0 Å². The van der Waals surface area contributed by atoms with Gasteiger partial charge in [0.1, 0.15) is 11.9 Å². The molecule has 35 heavy (non-hydrogen) atoms. The second kappa shape index (κ2) is 13.0. The third kappa shape index (κ3) is 7.38. The second-order valence-electron chi connectivity index (χ2n) is 9.31. The van der Waals surface area contributed by atoms with Crippen molar-refractivity contribution in [2.24, 2.45) is 0 Å². The van der Waals surface area contributed by atoms with Gasteiger partial charge in [0.25, 0.3) is 0 Å². The maximum atomic E-state index is 13.7. The first-order valence-corrected chi connectivity index (χ1v) is 12.5. The molecule has 6 nitrogen and oxygen atoms in total. The van der Waals surface area contributed by atoms with Gasteiger partial charge in [-0.25, -0.2) is 4.39 Å². The monoisotopic (exact) mass is 481 g/mol. The quantitative estimate of drug-likeness (QED) is 0.596. The molecular weight excluding hydrogens is 445 g/mol. The SMILES string of the molecule is CC(=O)N1CCCC1.Cc1ccccc1C(C(=O)NC1CCCCC1)N(C=O)c1cccc(F)c1. The van der Waals surface area contributed by atoms with E-state index in [2.05, 4.69) is 5.32 Å². The third-order valence-electron chi connectivity index (χ3n) is 6.73. The van der Waals surface area contributed by atoms with Gasteiger partial charge < -0.3 is 10.2 Å². The number of carbonyl (C=O) groups excluding carboxylic acids is 3. The Morgan fingerprint density at radius 1 is 1.03 bits per heavy atom. The molecule has 1 N–H and O–H groups in total. The molecular formula is C28H36FN3O3. The zero-order valence-corrected chi connectivity index (χ0v) is 20.7. The number of nitrogens with zero attached hydrogens (tertiary/aromatic N) is 2. The zero-order chi connectivity index (χ0) is 25.2. The molecule has 2 fully saturated rings. The van der Waals surface area contributed by atoms with Crippen LogP contribution in [0.1, 0.15) is 69.0 Å². The average Bonchev–Trinajstić information content (AvgIpc) is 3.40. The number of rotatable bonds is 6. The lowest BCUT2D eigenvalue weighted by atomic mass is 9.94. The second-order valence-corrected chi connectivity index (χ2v) is 9.31. The van der Waals surface area contributed by atoms with Crippen molar-refractivity contribution in [3.8, 4) is 0 Å². The van der Waals surface area contributed by atoms with Gasteiger partial charge in [-0.1, -0.05) is 49.6 Å². The molecule has 0 aromatic heterocycles. The van der Waals surface area contributed by atoms with Crippen LogP contribution in [-0.4, -0.2) is 42.3 Å². The van der Waals surface area contributed by atoms with E-state index in [1.807, 2.05) is 36.1 Å². The number of hydrogen-bond donors (Lipinski definition) is 1. The maximum Gasteiger partial charge on any atom is 0.248 e. The molecule has 2 aromatic rings. The van der Waals surface area contributed by atoms with E-state index in [4.69, 9.17) is 0 Å². The minimum atomic E-state index is -0.840. The summed E-state index contributed by atoms with van der Waals surface area (Å²) in [4.78, 5) is 39.0. The fourth-order valence-corrected chi connectivity index (χ4v) is 4.78. The fourth-order valence-electron chi connectivity index (χ4n) is 4.78. The molecule has 1 saturated carbocycles. The number of likely N-dealkylation sites (tertiary alicyclic amines) is 1. The Kier molecular flexibility index (Phi) is 9.82. The number of hydrogen-bond acceptors (Lipinski definition) is 3. The van der Waals surface area contributed by atoms with E-state index in [1.54, 1.807) is 13.0 Å². The molecule has 3 amide bonds. The highest BCUT2D eigenvalue weighted by molar-refractivity contribution is 5.93. The lowest BCUT2D eigenvalue weighted by Gasteiger charge is -2.31. The molecule has 188 valence electrons. The summed E-state index contributed by atoms with van der Waals surface area (Å²) in [6.07, 6.45) is 8.28. The van der Waals surface area contributed by atoms with Crippen molar-refractivity contribution in [3.63, 3.8) is 0 Å². The van der Waals surface area contributed by atoms with Crippen LogP contribution < -0.4 is 10.2 Å². The highest BCUT2D eigenvalue weighted by Gasteiger charge is 2.31. The summed E-state index contributed by atoms with van der Waals surface area (Å²) in [5.74, 6) is -0.453. The first-order chi connectivity index (χ1) is 16.9. The molecule has 0 radical (unpaired) electrons. The summed E-state index contributed by atoms with van der Waals surface area (Å²) in [7, 11) is 0. The van der Waals surface area contributed by atoms with Gasteiger partial charge in [0.2, 0.25) is 18.2 Å². The van der Waals surface area contributed by atoms with Crippen LogP contribution in [0.15, 0.2) is 48.5 Å². The Morgan fingerprint density at radius 2 is 1.71 bits per heavy atom. The number of carbonyl (C=O) groups is 3. The number of aryl methyl sites for hydroxylation is 1. The maximum absolute atomic E-state index is 13.7. The van der Waals surface area contributed by atoms with Crippen LogP contribution in [-0.2, 0) is 14.4 Å². The van der Waals surface area contributed by atoms with Crippen molar-refractivity contribution in [3.05, 3.63) is 65.5 Å². The van der Waals surface area contributed by atoms with Gasteiger partial charge >= 0.3 is 0 Å². The zero-order valence-electron chi connectivity index (χ0n) is 20.7. The lowest BCUT2D eigenvalue weighted by molar-refractivity contribution is -0.127. The van der Waals surface area contributed by atoms with Crippen LogP contribution in [0.3, 0.4) is 0 Å². The summed E-state index contributed by atoms with van der Waals surface area (Å²) in [5.41, 5.74) is 2.00. The highest BCUT2D eigenvalue weighted by Crippen LogP contribution is 2.29. The third-order valence-corrected chi connectivity index (χ3v) is 6.73. The van der Waals surface area contributed by atoms with Crippen molar-refractivity contribution in [1.82, 2.24) is 10.2 Å². The molecule has 1 aliphatic heterocycles. The van der Waals surface area contributed by atoms with Crippen LogP contribution in [0.4, 0.5) is 10.1 Å². The first kappa shape index (κ1) is 26.4. The van der Waals surface area contributed by atoms with Gasteiger partial charge in [-0.2, -0.15) is 0 Å². The molecule has 2 aliphatic rings. The predicted molar refractivity (Wildman–Crippen MR) is 135 cm³/mol. The highest BCUT2D eigenvalue weighted by atomic mass is 19.1. The molecule has 1 unspecified atom stereocenters. The first-order valence-electron chi connectivity index (χ1n) is 12.5. The Hall–Kier alpha value is -3.22. The molecule has 7 heteroatoms. The van der Waals surface area contributed by atoms with Crippen LogP contribution in [0.25, 0.3) is 0 Å². The number of anilines is 1. The summed E-state index contributed by atoms with van der Waals surface area (Å²) < 4.78 is 13.7. The van der Waals surface area contributed by atoms with E-state index >= 15 is 0 Å². The van der Waals surface area contributed by atoms with Crippen molar-refractivity contribution in [2.45, 2.75) is 70.9 Å². The van der Waals surface area contributed by atoms with Crippen LogP contribution in [0.2, 0.25) is 0 Å². The summed E-state index contributed by atoms with van der Waals surface area (Å²) in [6.45, 7) is 5.50. The number of halogens is 1. The number of amides is 3.